The summed E-state index contributed by atoms with van der Waals surface area (Å²) in [5, 5.41) is 13.6. The molecule has 0 fully saturated rings. The van der Waals surface area contributed by atoms with Crippen molar-refractivity contribution in [2.24, 2.45) is 0 Å². The van der Waals surface area contributed by atoms with Crippen LogP contribution in [0.5, 0.6) is 0 Å². The number of nitrogens with zero attached hydrogens (tertiary/aromatic N) is 2. The Morgan fingerprint density at radius 3 is 2.83 bits per heavy atom. The van der Waals surface area contributed by atoms with Crippen molar-refractivity contribution >= 4 is 34.3 Å². The molecule has 0 spiro atoms. The van der Waals surface area contributed by atoms with E-state index in [1.807, 2.05) is 26.8 Å². The molecule has 5 nitrogen and oxygen atoms in total. The van der Waals surface area contributed by atoms with Gasteiger partial charge in [-0.1, -0.05) is 0 Å². The number of carboxylic acid groups (broad SMARTS) is 1. The van der Waals surface area contributed by atoms with Crippen molar-refractivity contribution in [3.63, 3.8) is 0 Å². The van der Waals surface area contributed by atoms with Crippen molar-refractivity contribution in [3.8, 4) is 11.3 Å². The van der Waals surface area contributed by atoms with Gasteiger partial charge in [-0.15, -0.1) is 23.1 Å². The number of hydrogen-bond donors (Lipinski definition) is 2. The number of unbranched alkanes of at least 4 members (excludes halogenated alkanes) is 2. The summed E-state index contributed by atoms with van der Waals surface area (Å²) in [6, 6.07) is 4.93. The first-order valence-electron chi connectivity index (χ1n) is 9.92. The van der Waals surface area contributed by atoms with Crippen molar-refractivity contribution < 1.29 is 14.3 Å². The van der Waals surface area contributed by atoms with Crippen LogP contribution in [0.3, 0.4) is 0 Å². The average molecular weight is 438 g/mol. The summed E-state index contributed by atoms with van der Waals surface area (Å²) in [5.74, 6) is 0.742. The van der Waals surface area contributed by atoms with Gasteiger partial charge < -0.3 is 15.3 Å². The van der Waals surface area contributed by atoms with Gasteiger partial charge in [-0.2, -0.15) is 0 Å². The minimum atomic E-state index is -0.866. The topological polar surface area (TPSA) is 65.5 Å². The van der Waals surface area contributed by atoms with E-state index in [1.54, 1.807) is 29.2 Å². The fourth-order valence-corrected chi connectivity index (χ4v) is 5.49. The van der Waals surface area contributed by atoms with E-state index in [-0.39, 0.29) is 11.4 Å². The summed E-state index contributed by atoms with van der Waals surface area (Å²) in [5.41, 5.74) is 1.42. The Kier molecular flexibility index (Phi) is 7.05. The van der Waals surface area contributed by atoms with Gasteiger partial charge in [-0.25, -0.2) is 14.2 Å². The summed E-state index contributed by atoms with van der Waals surface area (Å²) in [4.78, 5) is 19.9. The van der Waals surface area contributed by atoms with Gasteiger partial charge in [-0.05, 0) is 64.7 Å². The molecule has 1 aromatic heterocycles. The Hall–Kier alpha value is -1.80. The number of carbonyl (C=O) groups is 1. The quantitative estimate of drug-likeness (QED) is 0.523. The van der Waals surface area contributed by atoms with E-state index in [0.29, 0.717) is 6.54 Å². The third kappa shape index (κ3) is 5.63. The number of fused-ring (bicyclic) bond motifs is 3. The predicted octanol–water partition coefficient (Wildman–Crippen LogP) is 5.96. The number of anilines is 1. The smallest absolute Gasteiger partial charge is 0.407 e. The molecule has 1 aliphatic rings. The van der Waals surface area contributed by atoms with Gasteiger partial charge in [0.25, 0.3) is 0 Å². The highest BCUT2D eigenvalue weighted by Gasteiger charge is 2.25. The number of amides is 1. The van der Waals surface area contributed by atoms with E-state index in [0.717, 1.165) is 59.3 Å². The van der Waals surface area contributed by atoms with Gasteiger partial charge >= 0.3 is 6.09 Å². The number of aryl methyl sites for hydroxylation is 1. The molecule has 0 radical (unpaired) electrons. The molecule has 0 saturated carbocycles. The maximum absolute atomic E-state index is 13.7. The molecule has 8 heteroatoms. The Balaban J connectivity index is 1.51. The third-order valence-corrected chi connectivity index (χ3v) is 7.00. The van der Waals surface area contributed by atoms with Crippen LogP contribution in [0, 0.1) is 5.82 Å². The van der Waals surface area contributed by atoms with E-state index < -0.39 is 6.09 Å². The van der Waals surface area contributed by atoms with Crippen LogP contribution in [0.1, 0.15) is 44.9 Å². The number of aromatic nitrogens is 1. The van der Waals surface area contributed by atoms with Crippen LogP contribution in [0.2, 0.25) is 0 Å². The Morgan fingerprint density at radius 2 is 2.10 bits per heavy atom. The fraction of sp³-hybridized carbons (Fsp3) is 0.524. The van der Waals surface area contributed by atoms with Gasteiger partial charge in [0.2, 0.25) is 0 Å². The van der Waals surface area contributed by atoms with E-state index >= 15 is 0 Å². The minimum absolute atomic E-state index is 0.231. The van der Waals surface area contributed by atoms with Crippen molar-refractivity contribution in [2.45, 2.75) is 56.9 Å². The van der Waals surface area contributed by atoms with Crippen LogP contribution in [0.25, 0.3) is 11.3 Å². The summed E-state index contributed by atoms with van der Waals surface area (Å²) in [6.45, 7) is 7.08. The highest BCUT2D eigenvalue weighted by molar-refractivity contribution is 7.99. The molecule has 0 saturated heterocycles. The second kappa shape index (κ2) is 9.34. The number of rotatable bonds is 7. The van der Waals surface area contributed by atoms with E-state index in [2.05, 4.69) is 5.32 Å². The van der Waals surface area contributed by atoms with E-state index in [9.17, 15) is 14.3 Å². The van der Waals surface area contributed by atoms with Crippen molar-refractivity contribution in [3.05, 3.63) is 28.9 Å². The first-order valence-corrected chi connectivity index (χ1v) is 11.7. The molecule has 0 bridgehead atoms. The number of halogens is 1. The zero-order valence-corrected chi connectivity index (χ0v) is 18.8. The highest BCUT2D eigenvalue weighted by Crippen LogP contribution is 2.41. The number of hydrogen-bond acceptors (Lipinski definition) is 5. The molecule has 29 heavy (non-hydrogen) atoms. The van der Waals surface area contributed by atoms with Crippen LogP contribution in [-0.4, -0.2) is 45.5 Å². The molecule has 2 heterocycles. The van der Waals surface area contributed by atoms with Crippen LogP contribution in [0.4, 0.5) is 14.3 Å². The minimum Gasteiger partial charge on any atom is -0.465 e. The standard InChI is InChI=1S/C21H28FN3O2S2/c1-21(2,3)25(20(26)27)11-6-4-5-10-23-19-24-18-15-13-14(22)7-8-16(15)28-12-9-17(18)29-19/h7-8,13H,4-6,9-12H2,1-3H3,(H,23,24)(H,26,27). The molecule has 0 unspecified atom stereocenters. The largest absolute Gasteiger partial charge is 0.465 e. The summed E-state index contributed by atoms with van der Waals surface area (Å²) in [7, 11) is 0. The highest BCUT2D eigenvalue weighted by atomic mass is 32.2. The molecule has 2 aromatic rings. The normalized spacial score (nSPS) is 13.4. The molecular formula is C21H28FN3O2S2. The second-order valence-electron chi connectivity index (χ2n) is 8.12. The Morgan fingerprint density at radius 1 is 1.31 bits per heavy atom. The monoisotopic (exact) mass is 437 g/mol. The number of nitrogens with one attached hydrogen (secondary N) is 1. The number of thiazole rings is 1. The van der Waals surface area contributed by atoms with Crippen LogP contribution in [-0.2, 0) is 6.42 Å². The van der Waals surface area contributed by atoms with Crippen molar-refractivity contribution in [2.75, 3.05) is 24.2 Å². The molecule has 1 amide bonds. The van der Waals surface area contributed by atoms with E-state index in [4.69, 9.17) is 4.98 Å². The third-order valence-electron chi connectivity index (χ3n) is 4.86. The van der Waals surface area contributed by atoms with Crippen LogP contribution >= 0.6 is 23.1 Å². The van der Waals surface area contributed by atoms with E-state index in [1.165, 1.54) is 15.8 Å². The molecule has 3 rings (SSSR count). The second-order valence-corrected chi connectivity index (χ2v) is 10.3. The summed E-state index contributed by atoms with van der Waals surface area (Å²) < 4.78 is 13.7. The summed E-state index contributed by atoms with van der Waals surface area (Å²) in [6.07, 6.45) is 2.80. The number of benzene rings is 1. The van der Waals surface area contributed by atoms with Gasteiger partial charge in [0, 0.05) is 39.7 Å². The lowest BCUT2D eigenvalue weighted by Crippen LogP contribution is -2.45. The lowest BCUT2D eigenvalue weighted by molar-refractivity contribution is 0.0991. The molecular weight excluding hydrogens is 409 g/mol. The van der Waals surface area contributed by atoms with Crippen LogP contribution in [0.15, 0.2) is 23.1 Å². The fourth-order valence-electron chi connectivity index (χ4n) is 3.36. The maximum Gasteiger partial charge on any atom is 0.407 e. The first kappa shape index (κ1) is 21.9. The molecule has 0 atom stereocenters. The zero-order valence-electron chi connectivity index (χ0n) is 17.1. The Bertz CT molecular complexity index is 864. The van der Waals surface area contributed by atoms with Gasteiger partial charge in [0.05, 0.1) is 5.69 Å². The summed E-state index contributed by atoms with van der Waals surface area (Å²) >= 11 is 3.40. The molecule has 2 N–H and O–H groups in total. The molecule has 1 aromatic carbocycles. The lowest BCUT2D eigenvalue weighted by Gasteiger charge is -2.33. The molecule has 1 aliphatic heterocycles. The van der Waals surface area contributed by atoms with Gasteiger partial charge in [-0.3, -0.25) is 0 Å². The lowest BCUT2D eigenvalue weighted by atomic mass is 10.1. The average Bonchev–Trinajstić information content (AvgIpc) is 2.96. The maximum atomic E-state index is 13.7. The zero-order chi connectivity index (χ0) is 21.0. The first-order chi connectivity index (χ1) is 13.8. The Labute approximate surface area is 179 Å². The number of thioether (sulfide) groups is 1. The van der Waals surface area contributed by atoms with Crippen molar-refractivity contribution in [1.82, 2.24) is 9.88 Å². The van der Waals surface area contributed by atoms with Crippen molar-refractivity contribution in [1.29, 1.82) is 0 Å². The molecule has 158 valence electrons. The van der Waals surface area contributed by atoms with Gasteiger partial charge in [0.15, 0.2) is 5.13 Å². The van der Waals surface area contributed by atoms with Crippen LogP contribution < -0.4 is 5.32 Å². The SMILES string of the molecule is CC(C)(C)N(CCCCCNc1nc2c(s1)CCSc1ccc(F)cc1-2)C(=O)O. The van der Waals surface area contributed by atoms with Gasteiger partial charge in [0.1, 0.15) is 5.82 Å². The molecule has 0 aliphatic carbocycles. The predicted molar refractivity (Wildman–Crippen MR) is 119 cm³/mol.